The van der Waals surface area contributed by atoms with Gasteiger partial charge in [-0.25, -0.2) is 4.98 Å². The first-order valence-electron chi connectivity index (χ1n) is 6.49. The molecule has 0 saturated heterocycles. The highest BCUT2D eigenvalue weighted by molar-refractivity contribution is 9.10. The van der Waals surface area contributed by atoms with Crippen molar-refractivity contribution in [3.63, 3.8) is 0 Å². The summed E-state index contributed by atoms with van der Waals surface area (Å²) in [7, 11) is 0. The van der Waals surface area contributed by atoms with Crippen molar-refractivity contribution >= 4 is 38.2 Å². The van der Waals surface area contributed by atoms with Crippen LogP contribution >= 0.6 is 27.3 Å². The largest absolute Gasteiger partial charge is 0.464 e. The van der Waals surface area contributed by atoms with E-state index in [1.165, 1.54) is 0 Å². The fourth-order valence-electron chi connectivity index (χ4n) is 2.32. The van der Waals surface area contributed by atoms with Gasteiger partial charge in [0.2, 0.25) is 0 Å². The zero-order valence-corrected chi connectivity index (χ0v) is 13.3. The highest BCUT2D eigenvalue weighted by Gasteiger charge is 2.12. The molecule has 0 spiro atoms. The van der Waals surface area contributed by atoms with Gasteiger partial charge in [0.05, 0.1) is 11.3 Å². The Morgan fingerprint density at radius 1 is 1.05 bits per heavy atom. The Morgan fingerprint density at radius 3 is 2.86 bits per heavy atom. The van der Waals surface area contributed by atoms with Gasteiger partial charge in [0.25, 0.3) is 0 Å². The lowest BCUT2D eigenvalue weighted by Crippen LogP contribution is -1.79. The summed E-state index contributed by atoms with van der Waals surface area (Å²) in [6, 6.07) is 16.2. The minimum absolute atomic E-state index is 0.895. The van der Waals surface area contributed by atoms with Gasteiger partial charge >= 0.3 is 0 Å². The molecule has 0 saturated carbocycles. The van der Waals surface area contributed by atoms with Crippen molar-refractivity contribution in [2.24, 2.45) is 0 Å². The quantitative estimate of drug-likeness (QED) is 0.441. The summed E-state index contributed by atoms with van der Waals surface area (Å²) >= 11 is 5.13. The molecule has 0 atom stereocenters. The molecular weight excluding hydrogens is 346 g/mol. The second-order valence-corrected chi connectivity index (χ2v) is 6.47. The monoisotopic (exact) mass is 355 g/mol. The molecule has 4 aromatic rings. The van der Waals surface area contributed by atoms with Crippen LogP contribution in [0, 0.1) is 0 Å². The van der Waals surface area contributed by atoms with E-state index in [4.69, 9.17) is 9.40 Å². The molecule has 4 heteroatoms. The molecule has 0 aliphatic heterocycles. The minimum atomic E-state index is 0.895. The summed E-state index contributed by atoms with van der Waals surface area (Å²) in [6.07, 6.45) is 1.79. The SMILES string of the molecule is Brc1cccc(-c2csc(-c3coc4ccccc34)n2)c1. The number of aromatic nitrogens is 1. The van der Waals surface area contributed by atoms with Crippen molar-refractivity contribution in [2.45, 2.75) is 0 Å². The molecule has 2 heterocycles. The van der Waals surface area contributed by atoms with Gasteiger partial charge in [-0.3, -0.25) is 0 Å². The molecule has 0 bridgehead atoms. The third kappa shape index (κ3) is 2.30. The van der Waals surface area contributed by atoms with E-state index in [9.17, 15) is 0 Å². The molecular formula is C17H10BrNOS. The lowest BCUT2D eigenvalue weighted by molar-refractivity contribution is 0.617. The molecule has 0 radical (unpaired) electrons. The Morgan fingerprint density at radius 2 is 1.95 bits per heavy atom. The number of benzene rings is 2. The van der Waals surface area contributed by atoms with Gasteiger partial charge in [-0.1, -0.05) is 46.3 Å². The number of hydrogen-bond acceptors (Lipinski definition) is 3. The van der Waals surface area contributed by atoms with E-state index in [0.717, 1.165) is 37.3 Å². The maximum atomic E-state index is 5.60. The van der Waals surface area contributed by atoms with Crippen molar-refractivity contribution in [3.05, 3.63) is 64.6 Å². The molecule has 0 aliphatic carbocycles. The van der Waals surface area contributed by atoms with Crippen LogP contribution in [0.5, 0.6) is 0 Å². The van der Waals surface area contributed by atoms with Gasteiger partial charge in [0, 0.05) is 20.8 Å². The molecule has 0 fully saturated rings. The Hall–Kier alpha value is -1.91. The normalized spacial score (nSPS) is 11.1. The average Bonchev–Trinajstić information content (AvgIpc) is 3.14. The summed E-state index contributed by atoms with van der Waals surface area (Å²) in [4.78, 5) is 4.75. The maximum absolute atomic E-state index is 5.60. The number of thiazole rings is 1. The molecule has 21 heavy (non-hydrogen) atoms. The number of furan rings is 1. The van der Waals surface area contributed by atoms with Crippen LogP contribution in [0.3, 0.4) is 0 Å². The average molecular weight is 356 g/mol. The zero-order valence-electron chi connectivity index (χ0n) is 10.9. The molecule has 0 N–H and O–H groups in total. The fourth-order valence-corrected chi connectivity index (χ4v) is 3.57. The number of para-hydroxylation sites is 1. The van der Waals surface area contributed by atoms with Crippen molar-refractivity contribution in [1.82, 2.24) is 4.98 Å². The fraction of sp³-hybridized carbons (Fsp3) is 0. The van der Waals surface area contributed by atoms with Crippen molar-refractivity contribution < 1.29 is 4.42 Å². The summed E-state index contributed by atoms with van der Waals surface area (Å²) in [5.41, 5.74) is 4.05. The summed E-state index contributed by atoms with van der Waals surface area (Å²) in [5, 5.41) is 4.17. The molecule has 0 amide bonds. The van der Waals surface area contributed by atoms with Crippen LogP contribution in [-0.4, -0.2) is 4.98 Å². The molecule has 2 aromatic carbocycles. The summed E-state index contributed by atoms with van der Waals surface area (Å²) in [5.74, 6) is 0. The second-order valence-electron chi connectivity index (χ2n) is 4.69. The standard InChI is InChI=1S/C17H10BrNOS/c18-12-5-3-4-11(8-12)15-10-21-17(19-15)14-9-20-16-7-2-1-6-13(14)16/h1-10H. The van der Waals surface area contributed by atoms with Gasteiger partial charge in [0.1, 0.15) is 16.9 Å². The van der Waals surface area contributed by atoms with Gasteiger partial charge in [-0.15, -0.1) is 11.3 Å². The Kier molecular flexibility index (Phi) is 3.13. The van der Waals surface area contributed by atoms with E-state index in [1.807, 2.05) is 30.3 Å². The number of fused-ring (bicyclic) bond motifs is 1. The van der Waals surface area contributed by atoms with Crippen molar-refractivity contribution in [2.75, 3.05) is 0 Å². The van der Waals surface area contributed by atoms with Gasteiger partial charge in [-0.05, 0) is 18.2 Å². The van der Waals surface area contributed by atoms with Gasteiger partial charge in [-0.2, -0.15) is 0 Å². The number of hydrogen-bond donors (Lipinski definition) is 0. The van der Waals surface area contributed by atoms with E-state index in [1.54, 1.807) is 17.6 Å². The van der Waals surface area contributed by atoms with Gasteiger partial charge in [0.15, 0.2) is 0 Å². The van der Waals surface area contributed by atoms with Crippen LogP contribution in [-0.2, 0) is 0 Å². The predicted octanol–water partition coefficient (Wildman–Crippen LogP) is 5.99. The Labute approximate surface area is 134 Å². The Balaban J connectivity index is 1.81. The zero-order chi connectivity index (χ0) is 14.2. The topological polar surface area (TPSA) is 26.0 Å². The van der Waals surface area contributed by atoms with Crippen LogP contribution in [0.1, 0.15) is 0 Å². The maximum Gasteiger partial charge on any atom is 0.134 e. The van der Waals surface area contributed by atoms with Crippen molar-refractivity contribution in [1.29, 1.82) is 0 Å². The van der Waals surface area contributed by atoms with E-state index in [-0.39, 0.29) is 0 Å². The molecule has 0 unspecified atom stereocenters. The third-order valence-electron chi connectivity index (χ3n) is 3.34. The lowest BCUT2D eigenvalue weighted by atomic mass is 10.1. The molecule has 2 aromatic heterocycles. The molecule has 2 nitrogen and oxygen atoms in total. The van der Waals surface area contributed by atoms with Crippen LogP contribution in [0.2, 0.25) is 0 Å². The highest BCUT2D eigenvalue weighted by atomic mass is 79.9. The van der Waals surface area contributed by atoms with Crippen molar-refractivity contribution in [3.8, 4) is 21.8 Å². The van der Waals surface area contributed by atoms with Gasteiger partial charge < -0.3 is 4.42 Å². The third-order valence-corrected chi connectivity index (χ3v) is 4.70. The van der Waals surface area contributed by atoms with E-state index in [0.29, 0.717) is 0 Å². The van der Waals surface area contributed by atoms with Crippen LogP contribution < -0.4 is 0 Å². The number of nitrogens with zero attached hydrogens (tertiary/aromatic N) is 1. The lowest BCUT2D eigenvalue weighted by Gasteiger charge is -1.97. The first-order valence-corrected chi connectivity index (χ1v) is 8.16. The number of rotatable bonds is 2. The van der Waals surface area contributed by atoms with E-state index < -0.39 is 0 Å². The molecule has 0 aliphatic rings. The van der Waals surface area contributed by atoms with Crippen LogP contribution in [0.25, 0.3) is 32.8 Å². The predicted molar refractivity (Wildman–Crippen MR) is 90.5 cm³/mol. The Bertz CT molecular complexity index is 925. The smallest absolute Gasteiger partial charge is 0.134 e. The first kappa shape index (κ1) is 12.8. The molecule has 102 valence electrons. The molecule has 4 rings (SSSR count). The summed E-state index contributed by atoms with van der Waals surface area (Å²) in [6.45, 7) is 0. The van der Waals surface area contributed by atoms with E-state index in [2.05, 4.69) is 39.5 Å². The second kappa shape index (κ2) is 5.13. The highest BCUT2D eigenvalue weighted by Crippen LogP contribution is 2.35. The number of halogens is 1. The van der Waals surface area contributed by atoms with Crippen LogP contribution in [0.4, 0.5) is 0 Å². The minimum Gasteiger partial charge on any atom is -0.464 e. The van der Waals surface area contributed by atoms with E-state index >= 15 is 0 Å². The summed E-state index contributed by atoms with van der Waals surface area (Å²) < 4.78 is 6.66. The first-order chi connectivity index (χ1) is 10.3. The van der Waals surface area contributed by atoms with Crippen LogP contribution in [0.15, 0.2) is 69.1 Å².